The monoisotopic (exact) mass is 313 g/mol. The van der Waals surface area contributed by atoms with Crippen LogP contribution in [-0.2, 0) is 20.1 Å². The molecule has 0 aliphatic carbocycles. The van der Waals surface area contributed by atoms with Crippen molar-refractivity contribution in [3.05, 3.63) is 53.9 Å². The van der Waals surface area contributed by atoms with Gasteiger partial charge in [0, 0.05) is 44.8 Å². The molecule has 4 nitrogen and oxygen atoms in total. The Kier molecular flexibility index (Phi) is 5.36. The van der Waals surface area contributed by atoms with Crippen LogP contribution in [-0.4, -0.2) is 34.3 Å². The van der Waals surface area contributed by atoms with Gasteiger partial charge in [-0.15, -0.1) is 0 Å². The van der Waals surface area contributed by atoms with Crippen molar-refractivity contribution in [2.45, 2.75) is 25.9 Å². The SMILES string of the molecule is Cn1ccc(CNc2ccccc2CN2CCC(CO)CC2)c1. The summed E-state index contributed by atoms with van der Waals surface area (Å²) in [5.41, 5.74) is 3.87. The Morgan fingerprint density at radius 3 is 2.65 bits per heavy atom. The Morgan fingerprint density at radius 2 is 1.96 bits per heavy atom. The van der Waals surface area contributed by atoms with Gasteiger partial charge in [0.15, 0.2) is 0 Å². The van der Waals surface area contributed by atoms with Gasteiger partial charge in [0.1, 0.15) is 0 Å². The molecule has 0 spiro atoms. The number of aromatic nitrogens is 1. The van der Waals surface area contributed by atoms with Crippen LogP contribution in [0.3, 0.4) is 0 Å². The summed E-state index contributed by atoms with van der Waals surface area (Å²) in [4.78, 5) is 2.50. The molecule has 0 saturated carbocycles. The smallest absolute Gasteiger partial charge is 0.0460 e. The zero-order chi connectivity index (χ0) is 16.1. The molecule has 1 aromatic heterocycles. The van der Waals surface area contributed by atoms with Crippen LogP contribution < -0.4 is 5.32 Å². The number of piperidine rings is 1. The van der Waals surface area contributed by atoms with Gasteiger partial charge in [-0.2, -0.15) is 0 Å². The van der Waals surface area contributed by atoms with Crippen molar-refractivity contribution in [2.24, 2.45) is 13.0 Å². The minimum Gasteiger partial charge on any atom is -0.396 e. The van der Waals surface area contributed by atoms with Crippen LogP contribution in [0, 0.1) is 5.92 Å². The van der Waals surface area contributed by atoms with Gasteiger partial charge < -0.3 is 15.0 Å². The van der Waals surface area contributed by atoms with Gasteiger partial charge in [0.25, 0.3) is 0 Å². The number of anilines is 1. The first-order chi connectivity index (χ1) is 11.2. The molecule has 2 aromatic rings. The van der Waals surface area contributed by atoms with E-state index in [2.05, 4.69) is 57.5 Å². The summed E-state index contributed by atoms with van der Waals surface area (Å²) in [6, 6.07) is 10.7. The van der Waals surface area contributed by atoms with Crippen LogP contribution in [0.1, 0.15) is 24.0 Å². The molecule has 0 radical (unpaired) electrons. The third-order valence-electron chi connectivity index (χ3n) is 4.75. The van der Waals surface area contributed by atoms with Crippen molar-refractivity contribution >= 4 is 5.69 Å². The molecule has 0 bridgehead atoms. The number of para-hydroxylation sites is 1. The van der Waals surface area contributed by atoms with Gasteiger partial charge in [0.05, 0.1) is 0 Å². The second-order valence-corrected chi connectivity index (χ2v) is 6.60. The van der Waals surface area contributed by atoms with E-state index in [-0.39, 0.29) is 0 Å². The van der Waals surface area contributed by atoms with E-state index in [0.717, 1.165) is 39.0 Å². The highest BCUT2D eigenvalue weighted by atomic mass is 16.3. The van der Waals surface area contributed by atoms with Crippen molar-refractivity contribution in [3.8, 4) is 0 Å². The minimum atomic E-state index is 0.336. The molecule has 1 saturated heterocycles. The minimum absolute atomic E-state index is 0.336. The molecule has 2 N–H and O–H groups in total. The van der Waals surface area contributed by atoms with Gasteiger partial charge in [0.2, 0.25) is 0 Å². The Balaban J connectivity index is 1.59. The normalized spacial score (nSPS) is 16.6. The van der Waals surface area contributed by atoms with Crippen LogP contribution in [0.4, 0.5) is 5.69 Å². The van der Waals surface area contributed by atoms with Gasteiger partial charge >= 0.3 is 0 Å². The molecular formula is C19H27N3O. The maximum Gasteiger partial charge on any atom is 0.0460 e. The summed E-state index contributed by atoms with van der Waals surface area (Å²) in [5.74, 6) is 0.498. The fraction of sp³-hybridized carbons (Fsp3) is 0.474. The number of hydrogen-bond donors (Lipinski definition) is 2. The van der Waals surface area contributed by atoms with Gasteiger partial charge in [-0.05, 0) is 55.1 Å². The summed E-state index contributed by atoms with van der Waals surface area (Å²) in [6.45, 7) is 4.33. The van der Waals surface area contributed by atoms with E-state index in [1.54, 1.807) is 0 Å². The first-order valence-electron chi connectivity index (χ1n) is 8.50. The summed E-state index contributed by atoms with van der Waals surface area (Å²) >= 11 is 0. The highest BCUT2D eigenvalue weighted by molar-refractivity contribution is 5.51. The summed E-state index contributed by atoms with van der Waals surface area (Å²) in [6.07, 6.45) is 6.44. The number of likely N-dealkylation sites (tertiary alicyclic amines) is 1. The average molecular weight is 313 g/mol. The standard InChI is InChI=1S/C19H27N3O/c1-21-9-6-17(13-21)12-20-19-5-3-2-4-18(19)14-22-10-7-16(15-23)8-11-22/h2-6,9,13,16,20,23H,7-8,10-12,14-15H2,1H3. The maximum atomic E-state index is 9.26. The van der Waals surface area contributed by atoms with E-state index < -0.39 is 0 Å². The van der Waals surface area contributed by atoms with Crippen molar-refractivity contribution < 1.29 is 5.11 Å². The fourth-order valence-electron chi connectivity index (χ4n) is 3.26. The predicted molar refractivity (Wildman–Crippen MR) is 94.3 cm³/mol. The molecule has 0 amide bonds. The molecule has 4 heteroatoms. The van der Waals surface area contributed by atoms with Crippen LogP contribution in [0.5, 0.6) is 0 Å². The molecular weight excluding hydrogens is 286 g/mol. The number of benzene rings is 1. The molecule has 1 fully saturated rings. The molecule has 1 aliphatic heterocycles. The summed E-state index contributed by atoms with van der Waals surface area (Å²) in [7, 11) is 2.05. The third-order valence-corrected chi connectivity index (χ3v) is 4.75. The van der Waals surface area contributed by atoms with Gasteiger partial charge in [-0.1, -0.05) is 18.2 Å². The predicted octanol–water partition coefficient (Wildman–Crippen LogP) is 2.84. The number of nitrogens with zero attached hydrogens (tertiary/aromatic N) is 2. The van der Waals surface area contributed by atoms with Crippen LogP contribution in [0.25, 0.3) is 0 Å². The first kappa shape index (κ1) is 16.1. The lowest BCUT2D eigenvalue weighted by molar-refractivity contribution is 0.127. The van der Waals surface area contributed by atoms with E-state index in [1.165, 1.54) is 16.8 Å². The molecule has 1 aliphatic rings. The largest absolute Gasteiger partial charge is 0.396 e. The van der Waals surface area contributed by atoms with Crippen molar-refractivity contribution in [2.75, 3.05) is 25.0 Å². The van der Waals surface area contributed by atoms with Crippen LogP contribution in [0.15, 0.2) is 42.7 Å². The summed E-state index contributed by atoms with van der Waals surface area (Å²) < 4.78 is 2.08. The Morgan fingerprint density at radius 1 is 1.17 bits per heavy atom. The highest BCUT2D eigenvalue weighted by Crippen LogP contribution is 2.22. The number of aryl methyl sites for hydroxylation is 1. The third kappa shape index (κ3) is 4.36. The Labute approximate surface area is 138 Å². The average Bonchev–Trinajstić information content (AvgIpc) is 3.00. The molecule has 0 unspecified atom stereocenters. The number of aliphatic hydroxyl groups is 1. The lowest BCUT2D eigenvalue weighted by atomic mass is 9.97. The maximum absolute atomic E-state index is 9.26. The van der Waals surface area contributed by atoms with Crippen LogP contribution in [0.2, 0.25) is 0 Å². The van der Waals surface area contributed by atoms with E-state index in [1.807, 2.05) is 7.05 Å². The zero-order valence-electron chi connectivity index (χ0n) is 13.9. The molecule has 1 aromatic carbocycles. The van der Waals surface area contributed by atoms with E-state index >= 15 is 0 Å². The van der Waals surface area contributed by atoms with Crippen molar-refractivity contribution in [1.82, 2.24) is 9.47 Å². The first-order valence-corrected chi connectivity index (χ1v) is 8.50. The molecule has 23 heavy (non-hydrogen) atoms. The number of hydrogen-bond acceptors (Lipinski definition) is 3. The van der Waals surface area contributed by atoms with Crippen LogP contribution >= 0.6 is 0 Å². The zero-order valence-corrected chi connectivity index (χ0v) is 13.9. The fourth-order valence-corrected chi connectivity index (χ4v) is 3.26. The number of rotatable bonds is 6. The molecule has 124 valence electrons. The van der Waals surface area contributed by atoms with Gasteiger partial charge in [-0.3, -0.25) is 4.90 Å². The Hall–Kier alpha value is -1.78. The quantitative estimate of drug-likeness (QED) is 0.861. The van der Waals surface area contributed by atoms with E-state index in [9.17, 15) is 5.11 Å². The number of aliphatic hydroxyl groups excluding tert-OH is 1. The second-order valence-electron chi connectivity index (χ2n) is 6.60. The highest BCUT2D eigenvalue weighted by Gasteiger charge is 2.19. The lowest BCUT2D eigenvalue weighted by Crippen LogP contribution is -2.34. The Bertz CT molecular complexity index is 615. The second kappa shape index (κ2) is 7.66. The summed E-state index contributed by atoms with van der Waals surface area (Å²) in [5, 5.41) is 12.8. The molecule has 3 rings (SSSR count). The van der Waals surface area contributed by atoms with E-state index in [0.29, 0.717) is 12.5 Å². The topological polar surface area (TPSA) is 40.4 Å². The van der Waals surface area contributed by atoms with Crippen molar-refractivity contribution in [3.63, 3.8) is 0 Å². The van der Waals surface area contributed by atoms with E-state index in [4.69, 9.17) is 0 Å². The molecule has 0 atom stereocenters. The van der Waals surface area contributed by atoms with Gasteiger partial charge in [-0.25, -0.2) is 0 Å². The molecule has 2 heterocycles. The van der Waals surface area contributed by atoms with Crippen molar-refractivity contribution in [1.29, 1.82) is 0 Å². The lowest BCUT2D eigenvalue weighted by Gasteiger charge is -2.31. The number of nitrogens with one attached hydrogen (secondary N) is 1.